The first kappa shape index (κ1) is 19.8. The van der Waals surface area contributed by atoms with E-state index in [9.17, 15) is 14.0 Å². The zero-order valence-electron chi connectivity index (χ0n) is 14.1. The molecule has 0 saturated carbocycles. The number of thioether (sulfide) groups is 1. The van der Waals surface area contributed by atoms with Crippen LogP contribution in [0.5, 0.6) is 5.75 Å². The molecule has 0 bridgehead atoms. The van der Waals surface area contributed by atoms with Crippen molar-refractivity contribution < 1.29 is 23.8 Å². The van der Waals surface area contributed by atoms with E-state index in [2.05, 4.69) is 5.32 Å². The van der Waals surface area contributed by atoms with Gasteiger partial charge < -0.3 is 15.2 Å². The van der Waals surface area contributed by atoms with Crippen LogP contribution in [0, 0.1) is 5.82 Å². The number of carboxylic acid groups (broad SMARTS) is 1. The van der Waals surface area contributed by atoms with Gasteiger partial charge in [-0.05, 0) is 36.2 Å². The maximum Gasteiger partial charge on any atom is 0.341 e. The second-order valence-corrected chi connectivity index (χ2v) is 6.59. The van der Waals surface area contributed by atoms with Gasteiger partial charge in [0.05, 0.1) is 0 Å². The summed E-state index contributed by atoms with van der Waals surface area (Å²) in [6.45, 7) is 0.124. The van der Waals surface area contributed by atoms with Crippen LogP contribution in [0.4, 0.5) is 4.39 Å². The third-order valence-corrected chi connectivity index (χ3v) is 4.50. The minimum Gasteiger partial charge on any atom is -0.482 e. The first-order valence-corrected chi connectivity index (χ1v) is 9.10. The van der Waals surface area contributed by atoms with Gasteiger partial charge in [0, 0.05) is 23.6 Å². The molecule has 0 aliphatic heterocycles. The Morgan fingerprint density at radius 3 is 2.54 bits per heavy atom. The molecule has 0 aliphatic carbocycles. The van der Waals surface area contributed by atoms with E-state index in [4.69, 9.17) is 9.84 Å². The highest BCUT2D eigenvalue weighted by Crippen LogP contribution is 2.21. The minimum atomic E-state index is -1.02. The number of halogens is 1. The lowest BCUT2D eigenvalue weighted by atomic mass is 10.1. The molecule has 0 aliphatic rings. The van der Waals surface area contributed by atoms with Gasteiger partial charge in [-0.1, -0.05) is 24.3 Å². The van der Waals surface area contributed by atoms with Crippen molar-refractivity contribution >= 4 is 23.6 Å². The van der Waals surface area contributed by atoms with E-state index in [0.717, 1.165) is 5.56 Å². The number of hydrogen-bond donors (Lipinski definition) is 2. The Morgan fingerprint density at radius 1 is 1.12 bits per heavy atom. The fraction of sp³-hybridized carbons (Fsp3) is 0.263. The zero-order chi connectivity index (χ0) is 18.8. The SMILES string of the molecule is O=C(O)COc1ccc(CCNC(=O)CCSc2ccccc2F)cc1. The summed E-state index contributed by atoms with van der Waals surface area (Å²) in [6, 6.07) is 13.6. The summed E-state index contributed by atoms with van der Waals surface area (Å²) in [5.41, 5.74) is 1.01. The predicted molar refractivity (Wildman–Crippen MR) is 98.0 cm³/mol. The molecule has 138 valence electrons. The summed E-state index contributed by atoms with van der Waals surface area (Å²) in [5, 5.41) is 11.4. The molecule has 7 heteroatoms. The molecule has 0 aromatic heterocycles. The monoisotopic (exact) mass is 377 g/mol. The van der Waals surface area contributed by atoms with Gasteiger partial charge >= 0.3 is 5.97 Å². The standard InChI is InChI=1S/C19H20FNO4S/c20-16-3-1-2-4-17(16)26-12-10-18(22)21-11-9-14-5-7-15(8-6-14)25-13-19(23)24/h1-8H,9-13H2,(H,21,22)(H,23,24). The van der Waals surface area contributed by atoms with Crippen LogP contribution in [0.1, 0.15) is 12.0 Å². The normalized spacial score (nSPS) is 10.3. The summed E-state index contributed by atoms with van der Waals surface area (Å²) in [5.74, 6) is -0.359. The summed E-state index contributed by atoms with van der Waals surface area (Å²) < 4.78 is 18.5. The van der Waals surface area contributed by atoms with Crippen LogP contribution in [0.2, 0.25) is 0 Å². The molecule has 0 radical (unpaired) electrons. The third kappa shape index (κ3) is 7.14. The molecule has 1 amide bonds. The van der Waals surface area contributed by atoms with E-state index < -0.39 is 5.97 Å². The molecule has 2 rings (SSSR count). The number of aliphatic carboxylic acids is 1. The number of carboxylic acids is 1. The molecule has 0 fully saturated rings. The summed E-state index contributed by atoms with van der Waals surface area (Å²) >= 11 is 1.32. The van der Waals surface area contributed by atoms with Crippen LogP contribution in [0.3, 0.4) is 0 Å². The second kappa shape index (κ2) is 10.5. The first-order valence-electron chi connectivity index (χ1n) is 8.12. The quantitative estimate of drug-likeness (QED) is 0.622. The van der Waals surface area contributed by atoms with Crippen LogP contribution in [0.25, 0.3) is 0 Å². The van der Waals surface area contributed by atoms with Gasteiger partial charge in [-0.25, -0.2) is 9.18 Å². The van der Waals surface area contributed by atoms with Gasteiger partial charge in [0.2, 0.25) is 5.91 Å². The fourth-order valence-corrected chi connectivity index (χ4v) is 3.04. The number of amides is 1. The van der Waals surface area contributed by atoms with E-state index in [-0.39, 0.29) is 18.3 Å². The van der Waals surface area contributed by atoms with Crippen molar-refractivity contribution in [3.8, 4) is 5.75 Å². The second-order valence-electron chi connectivity index (χ2n) is 5.46. The number of hydrogen-bond acceptors (Lipinski definition) is 4. The van der Waals surface area contributed by atoms with Crippen LogP contribution in [-0.4, -0.2) is 35.9 Å². The average Bonchev–Trinajstić information content (AvgIpc) is 2.62. The Balaban J connectivity index is 1.63. The molecule has 26 heavy (non-hydrogen) atoms. The summed E-state index contributed by atoms with van der Waals surface area (Å²) in [6.07, 6.45) is 0.979. The van der Waals surface area contributed by atoms with Crippen LogP contribution < -0.4 is 10.1 Å². The topological polar surface area (TPSA) is 75.6 Å². The van der Waals surface area contributed by atoms with Gasteiger partial charge in [-0.3, -0.25) is 4.79 Å². The number of rotatable bonds is 10. The van der Waals surface area contributed by atoms with Gasteiger partial charge in [-0.15, -0.1) is 11.8 Å². The Morgan fingerprint density at radius 2 is 1.85 bits per heavy atom. The largest absolute Gasteiger partial charge is 0.482 e. The molecule has 2 N–H and O–H groups in total. The molecule has 0 unspecified atom stereocenters. The maximum atomic E-state index is 13.5. The lowest BCUT2D eigenvalue weighted by Gasteiger charge is -2.07. The molecular weight excluding hydrogens is 357 g/mol. The van der Waals surface area contributed by atoms with Crippen LogP contribution in [0.15, 0.2) is 53.4 Å². The molecule has 0 atom stereocenters. The van der Waals surface area contributed by atoms with Crippen molar-refractivity contribution in [3.05, 3.63) is 59.9 Å². The number of carbonyl (C=O) groups excluding carboxylic acids is 1. The van der Waals surface area contributed by atoms with Crippen molar-refractivity contribution in [1.82, 2.24) is 5.32 Å². The van der Waals surface area contributed by atoms with E-state index in [0.29, 0.717) is 35.8 Å². The van der Waals surface area contributed by atoms with Crippen molar-refractivity contribution in [2.75, 3.05) is 18.9 Å². The number of carbonyl (C=O) groups is 2. The molecule has 2 aromatic carbocycles. The smallest absolute Gasteiger partial charge is 0.341 e. The van der Waals surface area contributed by atoms with Crippen molar-refractivity contribution in [2.45, 2.75) is 17.7 Å². The minimum absolute atomic E-state index is 0.0738. The highest BCUT2D eigenvalue weighted by Gasteiger charge is 2.05. The summed E-state index contributed by atoms with van der Waals surface area (Å²) in [4.78, 5) is 22.8. The molecule has 2 aromatic rings. The zero-order valence-corrected chi connectivity index (χ0v) is 14.9. The lowest BCUT2D eigenvalue weighted by Crippen LogP contribution is -2.25. The van der Waals surface area contributed by atoms with Crippen molar-refractivity contribution in [3.63, 3.8) is 0 Å². The van der Waals surface area contributed by atoms with E-state index in [1.807, 2.05) is 12.1 Å². The average molecular weight is 377 g/mol. The lowest BCUT2D eigenvalue weighted by molar-refractivity contribution is -0.139. The van der Waals surface area contributed by atoms with E-state index in [1.165, 1.54) is 17.8 Å². The van der Waals surface area contributed by atoms with E-state index >= 15 is 0 Å². The number of benzene rings is 2. The Labute approximate surface area is 155 Å². The Kier molecular flexibility index (Phi) is 7.95. The van der Waals surface area contributed by atoms with Gasteiger partial charge in [0.15, 0.2) is 6.61 Å². The molecule has 0 heterocycles. The van der Waals surface area contributed by atoms with Crippen LogP contribution in [-0.2, 0) is 16.0 Å². The van der Waals surface area contributed by atoms with E-state index in [1.54, 1.807) is 30.3 Å². The van der Waals surface area contributed by atoms with Crippen molar-refractivity contribution in [1.29, 1.82) is 0 Å². The Hall–Kier alpha value is -2.54. The van der Waals surface area contributed by atoms with Gasteiger partial charge in [0.25, 0.3) is 0 Å². The highest BCUT2D eigenvalue weighted by atomic mass is 32.2. The van der Waals surface area contributed by atoms with Crippen molar-refractivity contribution in [2.24, 2.45) is 0 Å². The summed E-state index contributed by atoms with van der Waals surface area (Å²) in [7, 11) is 0. The molecule has 0 saturated heterocycles. The predicted octanol–water partition coefficient (Wildman–Crippen LogP) is 3.13. The Bertz CT molecular complexity index is 737. The first-order chi connectivity index (χ1) is 12.5. The highest BCUT2D eigenvalue weighted by molar-refractivity contribution is 7.99. The maximum absolute atomic E-state index is 13.5. The molecule has 5 nitrogen and oxygen atoms in total. The number of nitrogens with one attached hydrogen (secondary N) is 1. The fourth-order valence-electron chi connectivity index (χ4n) is 2.15. The van der Waals surface area contributed by atoms with Gasteiger partial charge in [-0.2, -0.15) is 0 Å². The number of ether oxygens (including phenoxy) is 1. The molecule has 0 spiro atoms. The molecular formula is C19H20FNO4S. The third-order valence-electron chi connectivity index (χ3n) is 3.44. The van der Waals surface area contributed by atoms with Gasteiger partial charge in [0.1, 0.15) is 11.6 Å². The van der Waals surface area contributed by atoms with Crippen LogP contribution >= 0.6 is 11.8 Å².